The van der Waals surface area contributed by atoms with E-state index in [4.69, 9.17) is 0 Å². The molecular formula is C38H20N2S2. The average molecular weight is 569 g/mol. The molecule has 0 aliphatic carbocycles. The highest BCUT2D eigenvalue weighted by Gasteiger charge is 2.18. The first-order chi connectivity index (χ1) is 20.7. The summed E-state index contributed by atoms with van der Waals surface area (Å²) >= 11 is 3.56. The van der Waals surface area contributed by atoms with Crippen LogP contribution in [-0.4, -0.2) is 0 Å². The Morgan fingerprint density at radius 2 is 1.02 bits per heavy atom. The van der Waals surface area contributed by atoms with Gasteiger partial charge in [0.1, 0.15) is 0 Å². The molecule has 0 aliphatic rings. The van der Waals surface area contributed by atoms with E-state index in [9.17, 15) is 10.5 Å². The summed E-state index contributed by atoms with van der Waals surface area (Å²) in [6.45, 7) is 0. The summed E-state index contributed by atoms with van der Waals surface area (Å²) in [5.74, 6) is 0. The van der Waals surface area contributed by atoms with E-state index in [1.165, 1.54) is 29.6 Å². The SMILES string of the molecule is N#Cc1ccc2sc3ccc(-c4cccc(-c5ccccc5C#N)c4-c4ccc5sc6ccccc6c5c4)cc3c2c1. The Balaban J connectivity index is 1.44. The maximum Gasteiger partial charge on any atom is 0.0998 e. The standard InChI is InChI=1S/C38H20N2S2/c39-21-23-12-15-35-31(18-23)33-19-24(13-16-37(33)42-35)28-9-5-10-30(27-7-2-1-6-26(27)22-40)38(28)25-14-17-36-32(20-25)29-8-3-4-11-34(29)41-36/h1-20H. The molecule has 194 valence electrons. The van der Waals surface area contributed by atoms with Crippen molar-refractivity contribution in [3.63, 3.8) is 0 Å². The van der Waals surface area contributed by atoms with Crippen molar-refractivity contribution in [1.29, 1.82) is 10.5 Å². The Bertz CT molecular complexity index is 2450. The van der Waals surface area contributed by atoms with Gasteiger partial charge in [-0.05, 0) is 82.4 Å². The zero-order valence-electron chi connectivity index (χ0n) is 22.3. The van der Waals surface area contributed by atoms with E-state index in [1.54, 1.807) is 11.3 Å². The van der Waals surface area contributed by atoms with Gasteiger partial charge in [0.2, 0.25) is 0 Å². The molecule has 0 spiro atoms. The van der Waals surface area contributed by atoms with E-state index >= 15 is 0 Å². The lowest BCUT2D eigenvalue weighted by Crippen LogP contribution is -1.92. The van der Waals surface area contributed by atoms with Crippen LogP contribution in [0.1, 0.15) is 11.1 Å². The van der Waals surface area contributed by atoms with E-state index in [0.717, 1.165) is 44.2 Å². The second-order valence-electron chi connectivity index (χ2n) is 10.3. The molecule has 8 rings (SSSR count). The van der Waals surface area contributed by atoms with Crippen molar-refractivity contribution in [2.75, 3.05) is 0 Å². The van der Waals surface area contributed by atoms with Crippen LogP contribution in [-0.2, 0) is 0 Å². The van der Waals surface area contributed by atoms with Gasteiger partial charge in [-0.3, -0.25) is 0 Å². The highest BCUT2D eigenvalue weighted by molar-refractivity contribution is 7.26. The smallest absolute Gasteiger partial charge is 0.0998 e. The monoisotopic (exact) mass is 568 g/mol. The maximum atomic E-state index is 10.0. The molecule has 0 radical (unpaired) electrons. The van der Waals surface area contributed by atoms with Crippen LogP contribution in [0.2, 0.25) is 0 Å². The van der Waals surface area contributed by atoms with Crippen molar-refractivity contribution in [1.82, 2.24) is 0 Å². The normalized spacial score (nSPS) is 11.3. The molecule has 2 aromatic heterocycles. The van der Waals surface area contributed by atoms with Gasteiger partial charge in [-0.25, -0.2) is 0 Å². The number of benzene rings is 6. The lowest BCUT2D eigenvalue weighted by Gasteiger charge is -2.17. The molecule has 0 bridgehead atoms. The molecule has 0 saturated carbocycles. The zero-order chi connectivity index (χ0) is 28.2. The first-order valence-electron chi connectivity index (χ1n) is 13.6. The van der Waals surface area contributed by atoms with Gasteiger partial charge in [-0.2, -0.15) is 10.5 Å². The molecule has 2 nitrogen and oxygen atoms in total. The van der Waals surface area contributed by atoms with Crippen LogP contribution < -0.4 is 0 Å². The molecule has 42 heavy (non-hydrogen) atoms. The predicted molar refractivity (Wildman–Crippen MR) is 178 cm³/mol. The Labute approximate surface area is 250 Å². The molecule has 2 heterocycles. The van der Waals surface area contributed by atoms with Crippen LogP contribution in [0.5, 0.6) is 0 Å². The van der Waals surface area contributed by atoms with E-state index in [0.29, 0.717) is 11.1 Å². The van der Waals surface area contributed by atoms with Crippen LogP contribution in [0.3, 0.4) is 0 Å². The van der Waals surface area contributed by atoms with Gasteiger partial charge in [-0.1, -0.05) is 66.7 Å². The molecule has 0 atom stereocenters. The Hall–Kier alpha value is -5.26. The summed E-state index contributed by atoms with van der Waals surface area (Å²) in [5.41, 5.74) is 7.71. The molecule has 0 aliphatic heterocycles. The van der Waals surface area contributed by atoms with E-state index < -0.39 is 0 Å². The number of hydrogen-bond acceptors (Lipinski definition) is 4. The zero-order valence-corrected chi connectivity index (χ0v) is 23.9. The number of rotatable bonds is 3. The Morgan fingerprint density at radius 1 is 0.429 bits per heavy atom. The summed E-state index contributed by atoms with van der Waals surface area (Å²) in [7, 11) is 0. The molecule has 6 aromatic carbocycles. The molecule has 0 amide bonds. The van der Waals surface area contributed by atoms with Gasteiger partial charge in [0.15, 0.2) is 0 Å². The largest absolute Gasteiger partial charge is 0.192 e. The van der Waals surface area contributed by atoms with Gasteiger partial charge < -0.3 is 0 Å². The summed E-state index contributed by atoms with van der Waals surface area (Å²) in [6.07, 6.45) is 0. The van der Waals surface area contributed by atoms with Crippen molar-refractivity contribution in [3.05, 3.63) is 132 Å². The number of hydrogen-bond donors (Lipinski definition) is 0. The third kappa shape index (κ3) is 3.82. The number of nitriles is 2. The van der Waals surface area contributed by atoms with E-state index in [2.05, 4.69) is 91.0 Å². The fourth-order valence-corrected chi connectivity index (χ4v) is 8.19. The fourth-order valence-electron chi connectivity index (χ4n) is 6.04. The molecule has 0 unspecified atom stereocenters. The third-order valence-electron chi connectivity index (χ3n) is 7.98. The highest BCUT2D eigenvalue weighted by Crippen LogP contribution is 2.45. The molecule has 8 aromatic rings. The van der Waals surface area contributed by atoms with Gasteiger partial charge in [-0.15, -0.1) is 22.7 Å². The van der Waals surface area contributed by atoms with Crippen molar-refractivity contribution >= 4 is 63.0 Å². The van der Waals surface area contributed by atoms with E-state index in [-0.39, 0.29) is 0 Å². The van der Waals surface area contributed by atoms with Gasteiger partial charge >= 0.3 is 0 Å². The molecule has 0 saturated heterocycles. The maximum absolute atomic E-state index is 10.0. The quantitative estimate of drug-likeness (QED) is 0.213. The van der Waals surface area contributed by atoms with Gasteiger partial charge in [0.05, 0.1) is 23.3 Å². The van der Waals surface area contributed by atoms with Crippen molar-refractivity contribution in [3.8, 4) is 45.5 Å². The second kappa shape index (κ2) is 9.68. The van der Waals surface area contributed by atoms with Crippen LogP contribution in [0.15, 0.2) is 121 Å². The Kier molecular flexibility index (Phi) is 5.66. The molecular weight excluding hydrogens is 549 g/mol. The first kappa shape index (κ1) is 24.5. The highest BCUT2D eigenvalue weighted by atomic mass is 32.1. The van der Waals surface area contributed by atoms with Crippen molar-refractivity contribution in [2.24, 2.45) is 0 Å². The molecule has 0 N–H and O–H groups in total. The van der Waals surface area contributed by atoms with Crippen LogP contribution in [0.25, 0.3) is 73.7 Å². The number of nitrogens with zero attached hydrogens (tertiary/aromatic N) is 2. The molecule has 0 fully saturated rings. The van der Waals surface area contributed by atoms with Crippen LogP contribution in [0.4, 0.5) is 0 Å². The summed E-state index contributed by atoms with van der Waals surface area (Å²) < 4.78 is 4.91. The average Bonchev–Trinajstić information content (AvgIpc) is 3.61. The minimum atomic E-state index is 0.654. The number of thiophene rings is 2. The van der Waals surface area contributed by atoms with E-state index in [1.807, 2.05) is 53.8 Å². The van der Waals surface area contributed by atoms with Crippen LogP contribution >= 0.6 is 22.7 Å². The minimum absolute atomic E-state index is 0.654. The number of fused-ring (bicyclic) bond motifs is 6. The van der Waals surface area contributed by atoms with Crippen LogP contribution in [0, 0.1) is 22.7 Å². The lowest BCUT2D eigenvalue weighted by molar-refractivity contribution is 1.48. The summed E-state index contributed by atoms with van der Waals surface area (Å²) in [5, 5.41) is 24.3. The fraction of sp³-hybridized carbons (Fsp3) is 0. The van der Waals surface area contributed by atoms with Crippen molar-refractivity contribution < 1.29 is 0 Å². The molecule has 4 heteroatoms. The van der Waals surface area contributed by atoms with Gasteiger partial charge in [0.25, 0.3) is 0 Å². The minimum Gasteiger partial charge on any atom is -0.192 e. The van der Waals surface area contributed by atoms with Crippen molar-refractivity contribution in [2.45, 2.75) is 0 Å². The van der Waals surface area contributed by atoms with Gasteiger partial charge in [0, 0.05) is 45.9 Å². The predicted octanol–water partition coefficient (Wildman–Crippen LogP) is 11.2. The second-order valence-corrected chi connectivity index (χ2v) is 12.5. The summed E-state index contributed by atoms with van der Waals surface area (Å²) in [4.78, 5) is 0. The third-order valence-corrected chi connectivity index (χ3v) is 10.3. The first-order valence-corrected chi connectivity index (χ1v) is 15.3. The topological polar surface area (TPSA) is 47.6 Å². The lowest BCUT2D eigenvalue weighted by atomic mass is 9.85. The Morgan fingerprint density at radius 3 is 1.83 bits per heavy atom. The summed E-state index contributed by atoms with van der Waals surface area (Å²) in [6, 6.07) is 46.8.